The molecule has 0 unspecified atom stereocenters. The fraction of sp³-hybridized carbons (Fsp3) is 0.571. The minimum Gasteiger partial charge on any atom is -0.361 e. The number of aromatic nitrogens is 3. The summed E-state index contributed by atoms with van der Waals surface area (Å²) in [4.78, 5) is 16.9. The first-order valence-corrected chi connectivity index (χ1v) is 7.08. The molecule has 0 saturated heterocycles. The van der Waals surface area contributed by atoms with Crippen molar-refractivity contribution in [3.63, 3.8) is 0 Å². The molecule has 2 aromatic heterocycles. The molecule has 1 amide bonds. The van der Waals surface area contributed by atoms with Crippen molar-refractivity contribution < 1.29 is 13.8 Å². The monoisotopic (exact) mass is 290 g/mol. The fourth-order valence-corrected chi connectivity index (χ4v) is 2.96. The lowest BCUT2D eigenvalue weighted by Gasteiger charge is -2.26. The second kappa shape index (κ2) is 4.98. The van der Waals surface area contributed by atoms with E-state index >= 15 is 0 Å². The highest BCUT2D eigenvalue weighted by atomic mass is 16.5. The molecule has 1 fully saturated rings. The quantitative estimate of drug-likeness (QED) is 0.931. The number of nitrogens with one attached hydrogen (secondary N) is 1. The van der Waals surface area contributed by atoms with E-state index < -0.39 is 5.54 Å². The van der Waals surface area contributed by atoms with E-state index in [4.69, 9.17) is 9.05 Å². The van der Waals surface area contributed by atoms with Crippen LogP contribution in [0, 0.1) is 20.8 Å². The van der Waals surface area contributed by atoms with Gasteiger partial charge in [0.25, 0.3) is 5.91 Å². The topological polar surface area (TPSA) is 94.1 Å². The van der Waals surface area contributed by atoms with E-state index in [1.165, 1.54) is 0 Å². The zero-order valence-electron chi connectivity index (χ0n) is 12.4. The third-order valence-corrected chi connectivity index (χ3v) is 4.03. The minimum atomic E-state index is -0.551. The molecule has 2 heterocycles. The van der Waals surface area contributed by atoms with Crippen molar-refractivity contribution >= 4 is 5.91 Å². The molecule has 1 aliphatic rings. The zero-order chi connectivity index (χ0) is 15.0. The van der Waals surface area contributed by atoms with Gasteiger partial charge in [0, 0.05) is 6.92 Å². The van der Waals surface area contributed by atoms with Gasteiger partial charge in [-0.05, 0) is 26.7 Å². The van der Waals surface area contributed by atoms with Crippen LogP contribution in [-0.4, -0.2) is 21.2 Å². The highest BCUT2D eigenvalue weighted by molar-refractivity contribution is 5.96. The largest absolute Gasteiger partial charge is 0.361 e. The average molecular weight is 290 g/mol. The van der Waals surface area contributed by atoms with Gasteiger partial charge in [-0.2, -0.15) is 4.98 Å². The van der Waals surface area contributed by atoms with Crippen LogP contribution in [0.3, 0.4) is 0 Å². The van der Waals surface area contributed by atoms with E-state index in [0.717, 1.165) is 25.7 Å². The van der Waals surface area contributed by atoms with Crippen molar-refractivity contribution in [1.82, 2.24) is 20.6 Å². The Morgan fingerprint density at radius 2 is 1.86 bits per heavy atom. The molecule has 0 aromatic carbocycles. The van der Waals surface area contributed by atoms with Gasteiger partial charge in [-0.25, -0.2) is 0 Å². The Morgan fingerprint density at radius 1 is 1.14 bits per heavy atom. The van der Waals surface area contributed by atoms with Crippen LogP contribution in [-0.2, 0) is 5.54 Å². The molecule has 3 rings (SSSR count). The highest BCUT2D eigenvalue weighted by Gasteiger charge is 2.42. The lowest BCUT2D eigenvalue weighted by Crippen LogP contribution is -2.45. The second-order valence-electron chi connectivity index (χ2n) is 5.58. The summed E-state index contributed by atoms with van der Waals surface area (Å²) in [6.45, 7) is 5.23. The van der Waals surface area contributed by atoms with E-state index in [-0.39, 0.29) is 5.91 Å². The molecule has 0 bridgehead atoms. The van der Waals surface area contributed by atoms with Gasteiger partial charge >= 0.3 is 0 Å². The van der Waals surface area contributed by atoms with Crippen LogP contribution in [0.4, 0.5) is 0 Å². The maximum absolute atomic E-state index is 12.6. The lowest BCUT2D eigenvalue weighted by molar-refractivity contribution is 0.0890. The van der Waals surface area contributed by atoms with Crippen molar-refractivity contribution in [3.05, 3.63) is 28.7 Å². The van der Waals surface area contributed by atoms with Gasteiger partial charge in [0.1, 0.15) is 16.9 Å². The summed E-state index contributed by atoms with van der Waals surface area (Å²) >= 11 is 0. The zero-order valence-corrected chi connectivity index (χ0v) is 12.4. The van der Waals surface area contributed by atoms with Crippen LogP contribution in [0.15, 0.2) is 9.05 Å². The van der Waals surface area contributed by atoms with Gasteiger partial charge in [-0.3, -0.25) is 4.79 Å². The molecule has 0 spiro atoms. The Morgan fingerprint density at radius 3 is 2.38 bits per heavy atom. The second-order valence-corrected chi connectivity index (χ2v) is 5.58. The average Bonchev–Trinajstić information content (AvgIpc) is 3.12. The number of carbonyl (C=O) groups excluding carboxylic acids is 1. The van der Waals surface area contributed by atoms with Crippen LogP contribution >= 0.6 is 0 Å². The standard InChI is InChI=1S/C14H18N4O3/c1-8-11(9(2)20-17-8)12(19)16-14(6-4-5-7-14)13-15-10(3)21-18-13/h4-7H2,1-3H3,(H,16,19). The maximum Gasteiger partial charge on any atom is 0.257 e. The number of nitrogens with zero attached hydrogens (tertiary/aromatic N) is 3. The normalized spacial score (nSPS) is 17.1. The van der Waals surface area contributed by atoms with Crippen molar-refractivity contribution in [3.8, 4) is 0 Å². The van der Waals surface area contributed by atoms with E-state index in [9.17, 15) is 4.79 Å². The summed E-state index contributed by atoms with van der Waals surface area (Å²) < 4.78 is 10.1. The van der Waals surface area contributed by atoms with Crippen LogP contribution in [0.2, 0.25) is 0 Å². The molecular formula is C14H18N4O3. The maximum atomic E-state index is 12.6. The predicted octanol–water partition coefficient (Wildman–Crippen LogP) is 2.18. The van der Waals surface area contributed by atoms with Gasteiger partial charge in [-0.15, -0.1) is 0 Å². The summed E-state index contributed by atoms with van der Waals surface area (Å²) in [6.07, 6.45) is 3.66. The minimum absolute atomic E-state index is 0.199. The number of amides is 1. The fourth-order valence-electron chi connectivity index (χ4n) is 2.96. The third kappa shape index (κ3) is 2.32. The van der Waals surface area contributed by atoms with Crippen LogP contribution in [0.5, 0.6) is 0 Å². The summed E-state index contributed by atoms with van der Waals surface area (Å²) in [6, 6.07) is 0. The first-order valence-electron chi connectivity index (χ1n) is 7.08. The number of rotatable bonds is 3. The molecule has 0 aliphatic heterocycles. The molecule has 1 N–H and O–H groups in total. The van der Waals surface area contributed by atoms with Gasteiger partial charge in [0.2, 0.25) is 5.89 Å². The Kier molecular flexibility index (Phi) is 3.27. The van der Waals surface area contributed by atoms with Crippen LogP contribution in [0.1, 0.15) is 59.2 Å². The lowest BCUT2D eigenvalue weighted by atomic mass is 9.95. The Hall–Kier alpha value is -2.18. The van der Waals surface area contributed by atoms with E-state index in [1.807, 2.05) is 0 Å². The smallest absolute Gasteiger partial charge is 0.257 e. The first kappa shape index (κ1) is 13.8. The van der Waals surface area contributed by atoms with Gasteiger partial charge in [-0.1, -0.05) is 23.2 Å². The van der Waals surface area contributed by atoms with E-state index in [2.05, 4.69) is 20.6 Å². The molecule has 7 heteroatoms. The Bertz CT molecular complexity index is 648. The molecule has 1 saturated carbocycles. The van der Waals surface area contributed by atoms with Crippen molar-refractivity contribution in [2.24, 2.45) is 0 Å². The van der Waals surface area contributed by atoms with Gasteiger partial charge < -0.3 is 14.4 Å². The van der Waals surface area contributed by atoms with Crippen molar-refractivity contribution in [2.45, 2.75) is 52.0 Å². The molecule has 7 nitrogen and oxygen atoms in total. The Balaban J connectivity index is 1.91. The third-order valence-electron chi connectivity index (χ3n) is 4.03. The molecule has 1 aliphatic carbocycles. The summed E-state index contributed by atoms with van der Waals surface area (Å²) in [5.41, 5.74) is 0.522. The van der Waals surface area contributed by atoms with Gasteiger partial charge in [0.15, 0.2) is 5.82 Å². The van der Waals surface area contributed by atoms with E-state index in [0.29, 0.717) is 28.7 Å². The molecular weight excluding hydrogens is 272 g/mol. The van der Waals surface area contributed by atoms with Crippen LogP contribution < -0.4 is 5.32 Å². The van der Waals surface area contributed by atoms with Crippen LogP contribution in [0.25, 0.3) is 0 Å². The van der Waals surface area contributed by atoms with Crippen molar-refractivity contribution in [2.75, 3.05) is 0 Å². The molecule has 2 aromatic rings. The molecule has 0 radical (unpaired) electrons. The van der Waals surface area contributed by atoms with Gasteiger partial charge in [0.05, 0.1) is 5.69 Å². The SMILES string of the molecule is Cc1nc(C2(NC(=O)c3c(C)noc3C)CCCC2)no1. The van der Waals surface area contributed by atoms with E-state index in [1.54, 1.807) is 20.8 Å². The number of hydrogen-bond donors (Lipinski definition) is 1. The molecule has 112 valence electrons. The predicted molar refractivity (Wildman–Crippen MR) is 72.6 cm³/mol. The molecule has 0 atom stereocenters. The molecule has 21 heavy (non-hydrogen) atoms. The highest BCUT2D eigenvalue weighted by Crippen LogP contribution is 2.37. The number of aryl methyl sites for hydroxylation is 3. The number of hydrogen-bond acceptors (Lipinski definition) is 6. The summed E-state index contributed by atoms with van der Waals surface area (Å²) in [5, 5.41) is 10.9. The first-order chi connectivity index (χ1) is 10.0. The number of carbonyl (C=O) groups is 1. The summed E-state index contributed by atoms with van der Waals surface area (Å²) in [5.74, 6) is 1.37. The summed E-state index contributed by atoms with van der Waals surface area (Å²) in [7, 11) is 0. The Labute approximate surface area is 122 Å². The van der Waals surface area contributed by atoms with Crippen molar-refractivity contribution in [1.29, 1.82) is 0 Å².